The van der Waals surface area contributed by atoms with E-state index in [0.29, 0.717) is 24.9 Å². The van der Waals surface area contributed by atoms with Crippen LogP contribution in [0.25, 0.3) is 22.4 Å². The fraction of sp³-hybridized carbons (Fsp3) is 0.438. The van der Waals surface area contributed by atoms with Gasteiger partial charge in [0.25, 0.3) is 5.89 Å². The first-order valence-electron chi connectivity index (χ1n) is 7.66. The first kappa shape index (κ1) is 14.7. The zero-order valence-electron chi connectivity index (χ0n) is 13.2. The number of aromatic nitrogens is 4. The van der Waals surface area contributed by atoms with Crippen LogP contribution in [0.15, 0.2) is 22.7 Å². The Balaban J connectivity index is 1.99. The van der Waals surface area contributed by atoms with Crippen molar-refractivity contribution >= 4 is 11.0 Å². The maximum absolute atomic E-state index is 5.28. The molecule has 3 aromatic rings. The summed E-state index contributed by atoms with van der Waals surface area (Å²) in [4.78, 5) is 9.04. The van der Waals surface area contributed by atoms with Gasteiger partial charge in [0.1, 0.15) is 12.4 Å². The van der Waals surface area contributed by atoms with E-state index in [1.54, 1.807) is 0 Å². The molecule has 0 spiro atoms. The van der Waals surface area contributed by atoms with Gasteiger partial charge in [-0.3, -0.25) is 0 Å². The van der Waals surface area contributed by atoms with Gasteiger partial charge in [0, 0.05) is 25.1 Å². The van der Waals surface area contributed by atoms with Gasteiger partial charge in [0.05, 0.1) is 11.0 Å². The lowest BCUT2D eigenvalue weighted by Gasteiger charge is -2.04. The molecule has 0 unspecified atom stereocenters. The maximum atomic E-state index is 5.28. The third kappa shape index (κ3) is 2.62. The summed E-state index contributed by atoms with van der Waals surface area (Å²) in [6.07, 6.45) is 0.915. The first-order chi connectivity index (χ1) is 10.8. The van der Waals surface area contributed by atoms with E-state index in [1.165, 1.54) is 0 Å². The van der Waals surface area contributed by atoms with Crippen molar-refractivity contribution in [1.29, 1.82) is 0 Å². The predicted molar refractivity (Wildman–Crippen MR) is 83.4 cm³/mol. The highest BCUT2D eigenvalue weighted by Gasteiger charge is 2.13. The van der Waals surface area contributed by atoms with Gasteiger partial charge in [-0.2, -0.15) is 4.98 Å². The Hall–Kier alpha value is -2.21. The highest BCUT2D eigenvalue weighted by Crippen LogP contribution is 2.24. The molecule has 1 aromatic carbocycles. The van der Waals surface area contributed by atoms with Crippen molar-refractivity contribution in [2.75, 3.05) is 6.61 Å². The van der Waals surface area contributed by atoms with Crippen molar-refractivity contribution in [2.24, 2.45) is 0 Å². The van der Waals surface area contributed by atoms with E-state index in [0.717, 1.165) is 35.4 Å². The van der Waals surface area contributed by atoms with Crippen LogP contribution in [0.5, 0.6) is 0 Å². The monoisotopic (exact) mass is 300 g/mol. The van der Waals surface area contributed by atoms with E-state index >= 15 is 0 Å². The van der Waals surface area contributed by atoms with Crippen LogP contribution in [-0.4, -0.2) is 26.3 Å². The molecule has 0 N–H and O–H groups in total. The average molecular weight is 300 g/mol. The minimum Gasteiger partial charge on any atom is -0.372 e. The van der Waals surface area contributed by atoms with Gasteiger partial charge in [0.15, 0.2) is 0 Å². The molecule has 0 saturated carbocycles. The van der Waals surface area contributed by atoms with Crippen molar-refractivity contribution < 1.29 is 9.26 Å². The van der Waals surface area contributed by atoms with E-state index in [4.69, 9.17) is 9.26 Å². The molecule has 22 heavy (non-hydrogen) atoms. The van der Waals surface area contributed by atoms with Gasteiger partial charge in [-0.25, -0.2) is 4.98 Å². The summed E-state index contributed by atoms with van der Waals surface area (Å²) in [5, 5.41) is 4.03. The fourth-order valence-electron chi connectivity index (χ4n) is 2.55. The number of benzene rings is 1. The molecule has 116 valence electrons. The quantitative estimate of drug-likeness (QED) is 0.699. The second-order valence-corrected chi connectivity index (χ2v) is 4.98. The second kappa shape index (κ2) is 6.27. The van der Waals surface area contributed by atoms with E-state index in [-0.39, 0.29) is 0 Å². The van der Waals surface area contributed by atoms with Crippen molar-refractivity contribution in [3.63, 3.8) is 0 Å². The zero-order valence-corrected chi connectivity index (χ0v) is 13.2. The standard InChI is InChI=1S/C16H20N4O2/c1-4-14-17-12-8-7-11(9-13(12)20(14)5-2)16-18-15(22-19-16)10-21-6-3/h7-9H,4-6,10H2,1-3H3. The summed E-state index contributed by atoms with van der Waals surface area (Å²) < 4.78 is 12.7. The zero-order chi connectivity index (χ0) is 15.5. The van der Waals surface area contributed by atoms with Gasteiger partial charge >= 0.3 is 0 Å². The van der Waals surface area contributed by atoms with Crippen molar-refractivity contribution in [3.8, 4) is 11.4 Å². The van der Waals surface area contributed by atoms with Crippen LogP contribution < -0.4 is 0 Å². The number of aryl methyl sites for hydroxylation is 2. The Morgan fingerprint density at radius 1 is 1.18 bits per heavy atom. The van der Waals surface area contributed by atoms with Crippen LogP contribution in [0.3, 0.4) is 0 Å². The molecule has 0 atom stereocenters. The molecule has 2 aromatic heterocycles. The molecule has 6 nitrogen and oxygen atoms in total. The van der Waals surface area contributed by atoms with Crippen LogP contribution in [0.4, 0.5) is 0 Å². The fourth-order valence-corrected chi connectivity index (χ4v) is 2.55. The summed E-state index contributed by atoms with van der Waals surface area (Å²) in [5.41, 5.74) is 3.03. The van der Waals surface area contributed by atoms with Crippen LogP contribution in [-0.2, 0) is 24.3 Å². The lowest BCUT2D eigenvalue weighted by atomic mass is 10.2. The minimum atomic E-state index is 0.346. The highest BCUT2D eigenvalue weighted by atomic mass is 16.5. The summed E-state index contributed by atoms with van der Waals surface area (Å²) >= 11 is 0. The van der Waals surface area contributed by atoms with Gasteiger partial charge in [-0.05, 0) is 32.0 Å². The molecule has 0 amide bonds. The lowest BCUT2D eigenvalue weighted by Crippen LogP contribution is -1.99. The van der Waals surface area contributed by atoms with E-state index in [2.05, 4.69) is 39.6 Å². The number of ether oxygens (including phenoxy) is 1. The summed E-state index contributed by atoms with van der Waals surface area (Å²) in [5.74, 6) is 2.17. The molecule has 0 saturated heterocycles. The van der Waals surface area contributed by atoms with Crippen LogP contribution in [0, 0.1) is 0 Å². The Morgan fingerprint density at radius 3 is 2.77 bits per heavy atom. The van der Waals surface area contributed by atoms with Crippen molar-refractivity contribution in [3.05, 3.63) is 29.9 Å². The highest BCUT2D eigenvalue weighted by molar-refractivity contribution is 5.81. The molecule has 0 bridgehead atoms. The molecule has 2 heterocycles. The number of nitrogens with zero attached hydrogens (tertiary/aromatic N) is 4. The van der Waals surface area contributed by atoms with E-state index < -0.39 is 0 Å². The topological polar surface area (TPSA) is 66.0 Å². The summed E-state index contributed by atoms with van der Waals surface area (Å²) in [6.45, 7) is 8.04. The molecule has 0 aliphatic heterocycles. The van der Waals surface area contributed by atoms with Crippen molar-refractivity contribution in [2.45, 2.75) is 40.3 Å². The van der Waals surface area contributed by atoms with E-state index in [1.807, 2.05) is 19.1 Å². The minimum absolute atomic E-state index is 0.346. The predicted octanol–water partition coefficient (Wildman–Crippen LogP) is 3.21. The third-order valence-electron chi connectivity index (χ3n) is 3.62. The molecule has 0 radical (unpaired) electrons. The smallest absolute Gasteiger partial charge is 0.252 e. The van der Waals surface area contributed by atoms with Gasteiger partial charge in [-0.1, -0.05) is 12.1 Å². The lowest BCUT2D eigenvalue weighted by molar-refractivity contribution is 0.109. The molecular weight excluding hydrogens is 280 g/mol. The SMILES string of the molecule is CCOCc1nc(-c2ccc3nc(CC)n(CC)c3c2)no1. The molecule has 3 rings (SSSR count). The van der Waals surface area contributed by atoms with Crippen molar-refractivity contribution in [1.82, 2.24) is 19.7 Å². The number of rotatable bonds is 6. The van der Waals surface area contributed by atoms with Gasteiger partial charge in [0.2, 0.25) is 5.82 Å². The van der Waals surface area contributed by atoms with Crippen LogP contribution >= 0.6 is 0 Å². The molecule has 0 aliphatic carbocycles. The Kier molecular flexibility index (Phi) is 4.20. The molecular formula is C16H20N4O2. The largest absolute Gasteiger partial charge is 0.372 e. The molecule has 0 aliphatic rings. The normalized spacial score (nSPS) is 11.4. The van der Waals surface area contributed by atoms with Crippen LogP contribution in [0.1, 0.15) is 32.5 Å². The Labute approximate surface area is 129 Å². The Morgan fingerprint density at radius 2 is 2.05 bits per heavy atom. The average Bonchev–Trinajstić information content (AvgIpc) is 3.15. The number of hydrogen-bond acceptors (Lipinski definition) is 5. The summed E-state index contributed by atoms with van der Waals surface area (Å²) in [7, 11) is 0. The Bertz CT molecular complexity index is 776. The second-order valence-electron chi connectivity index (χ2n) is 4.98. The third-order valence-corrected chi connectivity index (χ3v) is 3.62. The van der Waals surface area contributed by atoms with E-state index in [9.17, 15) is 0 Å². The summed E-state index contributed by atoms with van der Waals surface area (Å²) in [6, 6.07) is 6.05. The molecule has 6 heteroatoms. The van der Waals surface area contributed by atoms with Gasteiger partial charge in [-0.15, -0.1) is 0 Å². The van der Waals surface area contributed by atoms with Gasteiger partial charge < -0.3 is 13.8 Å². The number of imidazole rings is 1. The van der Waals surface area contributed by atoms with Crippen LogP contribution in [0.2, 0.25) is 0 Å². The maximum Gasteiger partial charge on any atom is 0.252 e. The number of fused-ring (bicyclic) bond motifs is 1. The molecule has 0 fully saturated rings. The first-order valence-corrected chi connectivity index (χ1v) is 7.66. The number of hydrogen-bond donors (Lipinski definition) is 0.